The second-order valence-corrected chi connectivity index (χ2v) is 8.31. The Bertz CT molecular complexity index is 1050. The number of likely N-dealkylation sites (N-methyl/N-ethyl adjacent to an activating group) is 1. The van der Waals surface area contributed by atoms with E-state index in [0.717, 1.165) is 36.0 Å². The highest BCUT2D eigenvalue weighted by Crippen LogP contribution is 2.15. The molecule has 0 amide bonds. The van der Waals surface area contributed by atoms with Crippen LogP contribution in [0.15, 0.2) is 59.4 Å². The van der Waals surface area contributed by atoms with E-state index in [4.69, 9.17) is 12.2 Å². The van der Waals surface area contributed by atoms with Crippen LogP contribution in [-0.4, -0.2) is 42.2 Å². The van der Waals surface area contributed by atoms with Crippen LogP contribution >= 0.6 is 12.2 Å². The first kappa shape index (κ1) is 22.0. The highest BCUT2D eigenvalue weighted by atomic mass is 32.1. The Hall–Kier alpha value is -2.70. The Labute approximate surface area is 183 Å². The van der Waals surface area contributed by atoms with E-state index in [1.165, 1.54) is 16.0 Å². The number of pyridine rings is 1. The predicted octanol–water partition coefficient (Wildman–Crippen LogP) is 2.11. The highest BCUT2D eigenvalue weighted by Gasteiger charge is 2.14. The van der Waals surface area contributed by atoms with Crippen LogP contribution in [0, 0.1) is 0 Å². The average molecular weight is 424 g/mol. The zero-order valence-electron chi connectivity index (χ0n) is 18.0. The van der Waals surface area contributed by atoms with Crippen LogP contribution in [0.2, 0.25) is 0 Å². The van der Waals surface area contributed by atoms with Crippen LogP contribution < -0.4 is 15.8 Å². The Balaban J connectivity index is 1.80. The van der Waals surface area contributed by atoms with E-state index in [1.54, 1.807) is 0 Å². The molecule has 0 saturated carbocycles. The molecule has 0 fully saturated rings. The summed E-state index contributed by atoms with van der Waals surface area (Å²) < 4.78 is 0. The molecule has 0 aliphatic rings. The van der Waals surface area contributed by atoms with E-state index < -0.39 is 0 Å². The molecule has 0 unspecified atom stereocenters. The number of quaternary nitrogens is 1. The SMILES string of the molecule is CCc1ccc2[nH]c(=O)c(CN(CC[NH+](C)C)C(=S)NCc3ccccc3)cc2c1. The van der Waals surface area contributed by atoms with Crippen molar-refractivity contribution in [3.8, 4) is 0 Å². The van der Waals surface area contributed by atoms with Gasteiger partial charge in [0, 0.05) is 17.6 Å². The van der Waals surface area contributed by atoms with Crippen molar-refractivity contribution in [1.82, 2.24) is 15.2 Å². The first-order valence-electron chi connectivity index (χ1n) is 10.5. The molecular formula is C24H31N4OS+. The van der Waals surface area contributed by atoms with Crippen LogP contribution in [0.1, 0.15) is 23.6 Å². The van der Waals surface area contributed by atoms with Gasteiger partial charge in [-0.2, -0.15) is 0 Å². The molecule has 2 aromatic carbocycles. The molecular weight excluding hydrogens is 392 g/mol. The third kappa shape index (κ3) is 5.90. The summed E-state index contributed by atoms with van der Waals surface area (Å²) >= 11 is 5.70. The third-order valence-electron chi connectivity index (χ3n) is 5.21. The van der Waals surface area contributed by atoms with Gasteiger partial charge in [-0.1, -0.05) is 43.3 Å². The molecule has 0 atom stereocenters. The molecule has 0 spiro atoms. The number of rotatable bonds is 8. The van der Waals surface area contributed by atoms with Gasteiger partial charge < -0.3 is 20.1 Å². The number of aromatic amines is 1. The van der Waals surface area contributed by atoms with Crippen LogP contribution in [-0.2, 0) is 19.5 Å². The number of H-pyrrole nitrogens is 1. The van der Waals surface area contributed by atoms with Gasteiger partial charge in [-0.15, -0.1) is 0 Å². The summed E-state index contributed by atoms with van der Waals surface area (Å²) in [4.78, 5) is 19.2. The minimum Gasteiger partial charge on any atom is -0.358 e. The lowest BCUT2D eigenvalue weighted by Crippen LogP contribution is -3.06. The fraction of sp³-hybridized carbons (Fsp3) is 0.333. The van der Waals surface area contributed by atoms with E-state index >= 15 is 0 Å². The summed E-state index contributed by atoms with van der Waals surface area (Å²) in [6.07, 6.45) is 0.968. The molecule has 0 bridgehead atoms. The van der Waals surface area contributed by atoms with Gasteiger partial charge in [0.2, 0.25) is 0 Å². The molecule has 3 rings (SSSR count). The quantitative estimate of drug-likeness (QED) is 0.486. The van der Waals surface area contributed by atoms with Gasteiger partial charge in [-0.05, 0) is 53.4 Å². The van der Waals surface area contributed by atoms with Gasteiger partial charge in [0.25, 0.3) is 5.56 Å². The highest BCUT2D eigenvalue weighted by molar-refractivity contribution is 7.80. The van der Waals surface area contributed by atoms with Crippen molar-refractivity contribution < 1.29 is 4.90 Å². The number of nitrogens with zero attached hydrogens (tertiary/aromatic N) is 1. The number of aromatic nitrogens is 1. The van der Waals surface area contributed by atoms with Crippen molar-refractivity contribution in [2.45, 2.75) is 26.4 Å². The van der Waals surface area contributed by atoms with Crippen molar-refractivity contribution in [3.63, 3.8) is 0 Å². The van der Waals surface area contributed by atoms with E-state index in [1.807, 2.05) is 30.3 Å². The standard InChI is InChI=1S/C24H30N4OS/c1-4-18-10-11-22-20(14-18)15-21(23(29)26-22)17-28(13-12-27(2)3)24(30)25-16-19-8-6-5-7-9-19/h5-11,14-15H,4,12-13,16-17H2,1-3H3,(H,25,30)(H,26,29)/p+1. The monoisotopic (exact) mass is 423 g/mol. The van der Waals surface area contributed by atoms with E-state index in [2.05, 4.69) is 60.5 Å². The minimum absolute atomic E-state index is 0.0557. The van der Waals surface area contributed by atoms with Gasteiger partial charge >= 0.3 is 0 Å². The van der Waals surface area contributed by atoms with Crippen molar-refractivity contribution in [2.24, 2.45) is 0 Å². The molecule has 0 saturated heterocycles. The zero-order valence-corrected chi connectivity index (χ0v) is 18.8. The molecule has 0 radical (unpaired) electrons. The summed E-state index contributed by atoms with van der Waals surface area (Å²) in [6, 6.07) is 18.4. The number of aryl methyl sites for hydroxylation is 1. The molecule has 3 N–H and O–H groups in total. The van der Waals surface area contributed by atoms with Gasteiger partial charge in [-0.25, -0.2) is 0 Å². The third-order valence-corrected chi connectivity index (χ3v) is 5.61. The fourth-order valence-electron chi connectivity index (χ4n) is 3.34. The zero-order chi connectivity index (χ0) is 21.5. The van der Waals surface area contributed by atoms with Crippen LogP contribution in [0.25, 0.3) is 10.9 Å². The van der Waals surface area contributed by atoms with Gasteiger partial charge in [0.1, 0.15) is 0 Å². The minimum atomic E-state index is -0.0557. The van der Waals surface area contributed by atoms with Gasteiger partial charge in [0.15, 0.2) is 5.11 Å². The maximum atomic E-state index is 12.7. The maximum Gasteiger partial charge on any atom is 0.253 e. The van der Waals surface area contributed by atoms with Gasteiger partial charge in [0.05, 0.1) is 33.7 Å². The van der Waals surface area contributed by atoms with Crippen molar-refractivity contribution in [2.75, 3.05) is 27.2 Å². The second-order valence-electron chi connectivity index (χ2n) is 7.92. The lowest BCUT2D eigenvalue weighted by molar-refractivity contribution is -0.857. The van der Waals surface area contributed by atoms with Crippen LogP contribution in [0.4, 0.5) is 0 Å². The molecule has 5 nitrogen and oxygen atoms in total. The van der Waals surface area contributed by atoms with E-state index in [0.29, 0.717) is 18.2 Å². The molecule has 158 valence electrons. The Morgan fingerprint density at radius 1 is 1.10 bits per heavy atom. The molecule has 30 heavy (non-hydrogen) atoms. The molecule has 6 heteroatoms. The number of benzene rings is 2. The lowest BCUT2D eigenvalue weighted by Gasteiger charge is -2.26. The molecule has 3 aromatic rings. The summed E-state index contributed by atoms with van der Waals surface area (Å²) in [6.45, 7) is 4.98. The normalized spacial score (nSPS) is 11.1. The largest absolute Gasteiger partial charge is 0.358 e. The number of nitrogens with one attached hydrogen (secondary N) is 3. The summed E-state index contributed by atoms with van der Waals surface area (Å²) in [5, 5.41) is 5.08. The number of hydrogen-bond acceptors (Lipinski definition) is 2. The van der Waals surface area contributed by atoms with E-state index in [9.17, 15) is 4.79 Å². The molecule has 0 aliphatic carbocycles. The lowest BCUT2D eigenvalue weighted by atomic mass is 10.1. The number of thiocarbonyl (C=S) groups is 1. The number of hydrogen-bond donors (Lipinski definition) is 3. The summed E-state index contributed by atoms with van der Waals surface area (Å²) in [7, 11) is 4.24. The molecule has 1 heterocycles. The second kappa shape index (κ2) is 10.4. The van der Waals surface area contributed by atoms with E-state index in [-0.39, 0.29) is 5.56 Å². The maximum absolute atomic E-state index is 12.7. The first-order valence-corrected chi connectivity index (χ1v) is 10.9. The Morgan fingerprint density at radius 3 is 2.57 bits per heavy atom. The summed E-state index contributed by atoms with van der Waals surface area (Å²) in [5.74, 6) is 0. The fourth-order valence-corrected chi connectivity index (χ4v) is 3.57. The molecule has 1 aromatic heterocycles. The topological polar surface area (TPSA) is 52.6 Å². The Kier molecular flexibility index (Phi) is 7.60. The first-order chi connectivity index (χ1) is 14.5. The average Bonchev–Trinajstić information content (AvgIpc) is 2.75. The Morgan fingerprint density at radius 2 is 1.87 bits per heavy atom. The van der Waals surface area contributed by atoms with Gasteiger partial charge in [-0.3, -0.25) is 4.79 Å². The van der Waals surface area contributed by atoms with Crippen molar-refractivity contribution >= 4 is 28.2 Å². The van der Waals surface area contributed by atoms with Crippen LogP contribution in [0.5, 0.6) is 0 Å². The van der Waals surface area contributed by atoms with Crippen molar-refractivity contribution in [3.05, 3.63) is 81.6 Å². The molecule has 0 aliphatic heterocycles. The van der Waals surface area contributed by atoms with Crippen LogP contribution in [0.3, 0.4) is 0 Å². The predicted molar refractivity (Wildman–Crippen MR) is 128 cm³/mol. The number of fused-ring (bicyclic) bond motifs is 1. The van der Waals surface area contributed by atoms with Crippen molar-refractivity contribution in [1.29, 1.82) is 0 Å². The smallest absolute Gasteiger partial charge is 0.253 e. The summed E-state index contributed by atoms with van der Waals surface area (Å²) in [5.41, 5.74) is 3.98.